The molecule has 0 amide bonds. The highest BCUT2D eigenvalue weighted by atomic mass is 127. The lowest BCUT2D eigenvalue weighted by Crippen LogP contribution is -2.38. The topological polar surface area (TPSA) is 27.6 Å². The van der Waals surface area contributed by atoms with E-state index in [-0.39, 0.29) is 24.0 Å². The van der Waals surface area contributed by atoms with Crippen LogP contribution in [0.15, 0.2) is 35.3 Å². The Bertz CT molecular complexity index is 428. The average molecular weight is 371 g/mol. The molecule has 0 radical (unpaired) electrons. The second kappa shape index (κ2) is 6.59. The van der Waals surface area contributed by atoms with Gasteiger partial charge in [-0.05, 0) is 24.3 Å². The van der Waals surface area contributed by atoms with Gasteiger partial charge in [0, 0.05) is 26.1 Å². The average Bonchev–Trinajstić information content (AvgIpc) is 3.15. The van der Waals surface area contributed by atoms with Crippen LogP contribution in [0.5, 0.6) is 0 Å². The van der Waals surface area contributed by atoms with Crippen molar-refractivity contribution in [3.8, 4) is 0 Å². The summed E-state index contributed by atoms with van der Waals surface area (Å²) >= 11 is 0. The van der Waals surface area contributed by atoms with Gasteiger partial charge in [-0.3, -0.25) is 4.99 Å². The summed E-state index contributed by atoms with van der Waals surface area (Å²) < 4.78 is 0. The Morgan fingerprint density at radius 1 is 1.32 bits per heavy atom. The molecule has 1 unspecified atom stereocenters. The Balaban J connectivity index is 0.00000133. The molecule has 104 valence electrons. The fourth-order valence-corrected chi connectivity index (χ4v) is 2.68. The molecule has 1 heterocycles. The molecule has 1 aliphatic carbocycles. The van der Waals surface area contributed by atoms with Gasteiger partial charge in [-0.15, -0.1) is 24.0 Å². The number of likely N-dealkylation sites (N-methyl/N-ethyl adjacent to an activating group) is 1. The number of hydrogen-bond acceptors (Lipinski definition) is 3. The van der Waals surface area contributed by atoms with Crippen molar-refractivity contribution in [2.75, 3.05) is 26.7 Å². The van der Waals surface area contributed by atoms with E-state index in [1.54, 1.807) is 0 Å². The van der Waals surface area contributed by atoms with Gasteiger partial charge in [0.1, 0.15) is 0 Å². The van der Waals surface area contributed by atoms with Gasteiger partial charge in [-0.1, -0.05) is 30.3 Å². The maximum Gasteiger partial charge on any atom is 0.193 e. The third-order valence-corrected chi connectivity index (χ3v) is 3.96. The van der Waals surface area contributed by atoms with Crippen LogP contribution in [0.1, 0.15) is 24.3 Å². The second-order valence-electron chi connectivity index (χ2n) is 5.36. The molecule has 3 nitrogen and oxygen atoms in total. The summed E-state index contributed by atoms with van der Waals surface area (Å²) in [5.74, 6) is 2.58. The molecule has 1 N–H and O–H groups in total. The van der Waals surface area contributed by atoms with E-state index in [9.17, 15) is 0 Å². The Kier molecular flexibility index (Phi) is 5.07. The van der Waals surface area contributed by atoms with Crippen LogP contribution in [0.2, 0.25) is 0 Å². The Labute approximate surface area is 132 Å². The number of guanidine groups is 1. The van der Waals surface area contributed by atoms with Crippen molar-refractivity contribution in [3.63, 3.8) is 0 Å². The summed E-state index contributed by atoms with van der Waals surface area (Å²) in [6, 6.07) is 10.9. The van der Waals surface area contributed by atoms with Gasteiger partial charge in [-0.2, -0.15) is 0 Å². The van der Waals surface area contributed by atoms with Crippen molar-refractivity contribution in [1.29, 1.82) is 0 Å². The van der Waals surface area contributed by atoms with E-state index in [2.05, 4.69) is 52.6 Å². The van der Waals surface area contributed by atoms with Crippen molar-refractivity contribution in [3.05, 3.63) is 35.9 Å². The predicted molar refractivity (Wildman–Crippen MR) is 90.3 cm³/mol. The number of halogens is 1. The summed E-state index contributed by atoms with van der Waals surface area (Å²) in [5.41, 5.74) is 1.47. The molecule has 0 aromatic heterocycles. The molecule has 1 aliphatic heterocycles. The molecule has 1 aromatic carbocycles. The summed E-state index contributed by atoms with van der Waals surface area (Å²) in [7, 11) is 2.10. The zero-order valence-corrected chi connectivity index (χ0v) is 13.7. The van der Waals surface area contributed by atoms with Crippen molar-refractivity contribution in [2.45, 2.75) is 18.8 Å². The number of rotatable bonds is 4. The monoisotopic (exact) mass is 371 g/mol. The van der Waals surface area contributed by atoms with Crippen molar-refractivity contribution >= 4 is 29.9 Å². The Morgan fingerprint density at radius 2 is 2.05 bits per heavy atom. The van der Waals surface area contributed by atoms with Gasteiger partial charge in [0.15, 0.2) is 5.96 Å². The first-order valence-corrected chi connectivity index (χ1v) is 6.89. The van der Waals surface area contributed by atoms with E-state index < -0.39 is 0 Å². The zero-order valence-electron chi connectivity index (χ0n) is 11.4. The van der Waals surface area contributed by atoms with Crippen LogP contribution in [0, 0.1) is 5.92 Å². The lowest BCUT2D eigenvalue weighted by Gasteiger charge is -2.21. The van der Waals surface area contributed by atoms with E-state index in [4.69, 9.17) is 0 Å². The number of nitrogens with zero attached hydrogens (tertiary/aromatic N) is 2. The highest BCUT2D eigenvalue weighted by Gasteiger charge is 2.32. The number of hydrogen-bond donors (Lipinski definition) is 1. The molecule has 4 heteroatoms. The van der Waals surface area contributed by atoms with Crippen LogP contribution >= 0.6 is 24.0 Å². The molecule has 0 bridgehead atoms. The van der Waals surface area contributed by atoms with Gasteiger partial charge >= 0.3 is 0 Å². The van der Waals surface area contributed by atoms with E-state index in [0.29, 0.717) is 5.92 Å². The normalized spacial score (nSPS) is 19.6. The van der Waals surface area contributed by atoms with E-state index in [0.717, 1.165) is 31.5 Å². The molecule has 1 saturated carbocycles. The van der Waals surface area contributed by atoms with E-state index in [1.807, 2.05) is 0 Å². The van der Waals surface area contributed by atoms with Crippen LogP contribution in [-0.2, 0) is 0 Å². The SMILES string of the molecule is CN1CCN=C1NCC(c1ccccc1)C1CC1.I. The summed E-state index contributed by atoms with van der Waals surface area (Å²) in [6.45, 7) is 2.98. The first-order chi connectivity index (χ1) is 8.84. The van der Waals surface area contributed by atoms with Crippen molar-refractivity contribution < 1.29 is 0 Å². The van der Waals surface area contributed by atoms with Crippen LogP contribution in [0.3, 0.4) is 0 Å². The number of benzene rings is 1. The molecular formula is C15H22IN3. The van der Waals surface area contributed by atoms with Crippen molar-refractivity contribution in [2.24, 2.45) is 10.9 Å². The maximum atomic E-state index is 4.49. The minimum atomic E-state index is 0. The minimum absolute atomic E-state index is 0. The third-order valence-electron chi connectivity index (χ3n) is 3.96. The van der Waals surface area contributed by atoms with Gasteiger partial charge in [0.2, 0.25) is 0 Å². The lowest BCUT2D eigenvalue weighted by molar-refractivity contribution is 0.515. The summed E-state index contributed by atoms with van der Waals surface area (Å²) in [5, 5.41) is 3.53. The summed E-state index contributed by atoms with van der Waals surface area (Å²) in [4.78, 5) is 6.70. The number of aliphatic imine (C=N–C) groups is 1. The quantitative estimate of drug-likeness (QED) is 0.825. The van der Waals surface area contributed by atoms with Crippen LogP contribution < -0.4 is 5.32 Å². The minimum Gasteiger partial charge on any atom is -0.356 e. The molecule has 3 rings (SSSR count). The largest absolute Gasteiger partial charge is 0.356 e. The van der Waals surface area contributed by atoms with Crippen LogP contribution in [-0.4, -0.2) is 37.5 Å². The van der Waals surface area contributed by atoms with Crippen LogP contribution in [0.25, 0.3) is 0 Å². The molecule has 2 aliphatic rings. The fraction of sp³-hybridized carbons (Fsp3) is 0.533. The maximum absolute atomic E-state index is 4.49. The first kappa shape index (κ1) is 14.6. The molecule has 0 saturated heterocycles. The molecular weight excluding hydrogens is 349 g/mol. The Morgan fingerprint density at radius 3 is 2.63 bits per heavy atom. The zero-order chi connectivity index (χ0) is 12.4. The highest BCUT2D eigenvalue weighted by molar-refractivity contribution is 14.0. The van der Waals surface area contributed by atoms with E-state index >= 15 is 0 Å². The fourth-order valence-electron chi connectivity index (χ4n) is 2.68. The number of nitrogens with one attached hydrogen (secondary N) is 1. The van der Waals surface area contributed by atoms with E-state index in [1.165, 1.54) is 18.4 Å². The standard InChI is InChI=1S/C15H21N3.HI/c1-18-10-9-16-15(18)17-11-14(13-7-8-13)12-5-3-2-4-6-12;/h2-6,13-14H,7-11H2,1H3,(H,16,17);1H. The first-order valence-electron chi connectivity index (χ1n) is 6.89. The van der Waals surface area contributed by atoms with Gasteiger partial charge < -0.3 is 10.2 Å². The van der Waals surface area contributed by atoms with Gasteiger partial charge in [0.25, 0.3) is 0 Å². The van der Waals surface area contributed by atoms with Crippen LogP contribution in [0.4, 0.5) is 0 Å². The lowest BCUT2D eigenvalue weighted by atomic mass is 9.94. The highest BCUT2D eigenvalue weighted by Crippen LogP contribution is 2.42. The second-order valence-corrected chi connectivity index (χ2v) is 5.36. The third kappa shape index (κ3) is 3.61. The molecule has 1 atom stereocenters. The molecule has 1 aromatic rings. The molecule has 0 spiro atoms. The molecule has 19 heavy (non-hydrogen) atoms. The van der Waals surface area contributed by atoms with Gasteiger partial charge in [-0.25, -0.2) is 0 Å². The Hall–Kier alpha value is -0.780. The van der Waals surface area contributed by atoms with Crippen molar-refractivity contribution in [1.82, 2.24) is 10.2 Å². The predicted octanol–water partition coefficient (Wildman–Crippen LogP) is 2.69. The molecule has 1 fully saturated rings. The summed E-state index contributed by atoms with van der Waals surface area (Å²) in [6.07, 6.45) is 2.76. The van der Waals surface area contributed by atoms with Gasteiger partial charge in [0.05, 0.1) is 6.54 Å². The smallest absolute Gasteiger partial charge is 0.193 e.